The van der Waals surface area contributed by atoms with Crippen molar-refractivity contribution < 1.29 is 0 Å². The second kappa shape index (κ2) is 6.34. The zero-order valence-corrected chi connectivity index (χ0v) is 13.0. The summed E-state index contributed by atoms with van der Waals surface area (Å²) >= 11 is 0. The lowest BCUT2D eigenvalue weighted by Crippen LogP contribution is -2.32. The van der Waals surface area contributed by atoms with Gasteiger partial charge in [0.2, 0.25) is 0 Å². The first kappa shape index (κ1) is 14.1. The summed E-state index contributed by atoms with van der Waals surface area (Å²) in [5.41, 5.74) is 2.06. The Morgan fingerprint density at radius 2 is 2.04 bits per heavy atom. The van der Waals surface area contributed by atoms with E-state index in [2.05, 4.69) is 20.3 Å². The van der Waals surface area contributed by atoms with Crippen molar-refractivity contribution in [1.29, 1.82) is 0 Å². The molecule has 0 bridgehead atoms. The summed E-state index contributed by atoms with van der Waals surface area (Å²) in [6.07, 6.45) is 8.34. The van der Waals surface area contributed by atoms with Gasteiger partial charge >= 0.3 is 0 Å². The van der Waals surface area contributed by atoms with E-state index < -0.39 is 0 Å². The van der Waals surface area contributed by atoms with Gasteiger partial charge in [0.25, 0.3) is 0 Å². The molecule has 1 atom stereocenters. The second-order valence-electron chi connectivity index (χ2n) is 5.98. The van der Waals surface area contributed by atoms with E-state index in [0.717, 1.165) is 31.0 Å². The molecule has 0 unspecified atom stereocenters. The number of aromatic nitrogens is 5. The third-order valence-electron chi connectivity index (χ3n) is 4.38. The third-order valence-corrected chi connectivity index (χ3v) is 4.38. The van der Waals surface area contributed by atoms with Crippen molar-refractivity contribution in [2.75, 3.05) is 6.54 Å². The molecular formula is C17H20N6. The molecule has 1 saturated heterocycles. The van der Waals surface area contributed by atoms with Crippen molar-refractivity contribution in [2.45, 2.75) is 32.0 Å². The van der Waals surface area contributed by atoms with E-state index >= 15 is 0 Å². The van der Waals surface area contributed by atoms with E-state index in [1.165, 1.54) is 12.8 Å². The largest absolute Gasteiger partial charge is 0.293 e. The normalized spacial score (nSPS) is 18.5. The minimum Gasteiger partial charge on any atom is -0.293 e. The van der Waals surface area contributed by atoms with Gasteiger partial charge in [0.05, 0.1) is 24.1 Å². The molecule has 1 aromatic carbocycles. The predicted molar refractivity (Wildman–Crippen MR) is 87.0 cm³/mol. The quantitative estimate of drug-likeness (QED) is 0.724. The summed E-state index contributed by atoms with van der Waals surface area (Å²) in [4.78, 5) is 2.49. The Bertz CT molecular complexity index is 734. The fourth-order valence-corrected chi connectivity index (χ4v) is 3.22. The summed E-state index contributed by atoms with van der Waals surface area (Å²) < 4.78 is 3.86. The highest BCUT2D eigenvalue weighted by molar-refractivity contribution is 5.29. The molecule has 0 amide bonds. The van der Waals surface area contributed by atoms with Crippen LogP contribution in [0.15, 0.2) is 55.0 Å². The first-order valence-electron chi connectivity index (χ1n) is 8.06. The van der Waals surface area contributed by atoms with Crippen LogP contribution in [0.5, 0.6) is 0 Å². The third kappa shape index (κ3) is 3.17. The topological polar surface area (TPSA) is 51.8 Å². The fourth-order valence-electron chi connectivity index (χ4n) is 3.22. The Morgan fingerprint density at radius 3 is 2.87 bits per heavy atom. The molecule has 1 aliphatic rings. The number of hydrogen-bond acceptors (Lipinski definition) is 4. The Labute approximate surface area is 135 Å². The SMILES string of the molecule is c1ccc(-n2cc(CN3CCC[C@@H]3Cn3cccn3)nn2)cc1. The van der Waals surface area contributed by atoms with E-state index in [-0.39, 0.29) is 0 Å². The molecule has 1 fully saturated rings. The zero-order chi connectivity index (χ0) is 15.5. The molecule has 23 heavy (non-hydrogen) atoms. The lowest BCUT2D eigenvalue weighted by atomic mass is 10.2. The molecule has 6 heteroatoms. The molecule has 4 rings (SSSR count). The average Bonchev–Trinajstić information content (AvgIpc) is 3.33. The van der Waals surface area contributed by atoms with Gasteiger partial charge in [0.1, 0.15) is 0 Å². The smallest absolute Gasteiger partial charge is 0.0971 e. The van der Waals surface area contributed by atoms with Crippen molar-refractivity contribution in [2.24, 2.45) is 0 Å². The standard InChI is InChI=1S/C17H20N6/c1-2-6-16(7-3-1)23-13-15(19-20-23)12-21-10-4-8-17(21)14-22-11-5-9-18-22/h1-3,5-7,9,11,13,17H,4,8,10,12,14H2/t17-/m1/s1. The van der Waals surface area contributed by atoms with E-state index in [9.17, 15) is 0 Å². The van der Waals surface area contributed by atoms with E-state index in [1.54, 1.807) is 0 Å². The summed E-state index contributed by atoms with van der Waals surface area (Å²) in [5, 5.41) is 12.9. The van der Waals surface area contributed by atoms with Gasteiger partial charge in [-0.15, -0.1) is 5.10 Å². The van der Waals surface area contributed by atoms with Crippen molar-refractivity contribution in [3.05, 3.63) is 60.7 Å². The zero-order valence-electron chi connectivity index (χ0n) is 13.0. The van der Waals surface area contributed by atoms with Crippen LogP contribution in [0.4, 0.5) is 0 Å². The van der Waals surface area contributed by atoms with Crippen LogP contribution in [0.3, 0.4) is 0 Å². The maximum Gasteiger partial charge on any atom is 0.0971 e. The molecular weight excluding hydrogens is 288 g/mol. The minimum atomic E-state index is 0.525. The molecule has 0 aliphatic carbocycles. The van der Waals surface area contributed by atoms with Gasteiger partial charge in [-0.1, -0.05) is 23.4 Å². The van der Waals surface area contributed by atoms with Crippen LogP contribution in [0.2, 0.25) is 0 Å². The van der Waals surface area contributed by atoms with Crippen molar-refractivity contribution in [3.8, 4) is 5.69 Å². The first-order chi connectivity index (χ1) is 11.4. The van der Waals surface area contributed by atoms with Crippen LogP contribution < -0.4 is 0 Å². The molecule has 0 spiro atoms. The van der Waals surface area contributed by atoms with Crippen LogP contribution in [-0.4, -0.2) is 42.3 Å². The highest BCUT2D eigenvalue weighted by atomic mass is 15.4. The molecule has 3 aromatic rings. The molecule has 3 heterocycles. The monoisotopic (exact) mass is 308 g/mol. The number of hydrogen-bond donors (Lipinski definition) is 0. The summed E-state index contributed by atoms with van der Waals surface area (Å²) in [6.45, 7) is 2.91. The number of likely N-dealkylation sites (tertiary alicyclic amines) is 1. The Balaban J connectivity index is 1.44. The number of rotatable bonds is 5. The van der Waals surface area contributed by atoms with Crippen LogP contribution in [-0.2, 0) is 13.1 Å². The van der Waals surface area contributed by atoms with E-state index in [0.29, 0.717) is 6.04 Å². The fraction of sp³-hybridized carbons (Fsp3) is 0.353. The molecule has 0 saturated carbocycles. The summed E-state index contributed by atoms with van der Waals surface area (Å²) in [5.74, 6) is 0. The highest BCUT2D eigenvalue weighted by Gasteiger charge is 2.25. The first-order valence-corrected chi connectivity index (χ1v) is 8.06. The number of nitrogens with zero attached hydrogens (tertiary/aromatic N) is 6. The van der Waals surface area contributed by atoms with Gasteiger partial charge in [0.15, 0.2) is 0 Å². The van der Waals surface area contributed by atoms with Gasteiger partial charge in [-0.3, -0.25) is 9.58 Å². The maximum absolute atomic E-state index is 4.34. The molecule has 0 N–H and O–H groups in total. The lowest BCUT2D eigenvalue weighted by molar-refractivity contribution is 0.217. The van der Waals surface area contributed by atoms with Crippen molar-refractivity contribution in [3.63, 3.8) is 0 Å². The predicted octanol–water partition coefficient (Wildman–Crippen LogP) is 2.13. The molecule has 118 valence electrons. The number of para-hydroxylation sites is 1. The van der Waals surface area contributed by atoms with Crippen LogP contribution >= 0.6 is 0 Å². The average molecular weight is 308 g/mol. The van der Waals surface area contributed by atoms with Crippen LogP contribution in [0.1, 0.15) is 18.5 Å². The molecule has 2 aromatic heterocycles. The second-order valence-corrected chi connectivity index (χ2v) is 5.98. The minimum absolute atomic E-state index is 0.525. The Morgan fingerprint density at radius 1 is 1.13 bits per heavy atom. The maximum atomic E-state index is 4.34. The van der Waals surface area contributed by atoms with Gasteiger partial charge in [0, 0.05) is 25.0 Å². The Hall–Kier alpha value is -2.47. The van der Waals surface area contributed by atoms with E-state index in [1.807, 2.05) is 64.4 Å². The van der Waals surface area contributed by atoms with Gasteiger partial charge < -0.3 is 0 Å². The van der Waals surface area contributed by atoms with Crippen LogP contribution in [0, 0.1) is 0 Å². The molecule has 1 aliphatic heterocycles. The van der Waals surface area contributed by atoms with Crippen molar-refractivity contribution >= 4 is 0 Å². The van der Waals surface area contributed by atoms with Gasteiger partial charge in [-0.25, -0.2) is 4.68 Å². The van der Waals surface area contributed by atoms with Gasteiger partial charge in [-0.2, -0.15) is 5.10 Å². The number of benzene rings is 1. The lowest BCUT2D eigenvalue weighted by Gasteiger charge is -2.23. The van der Waals surface area contributed by atoms with Crippen molar-refractivity contribution in [1.82, 2.24) is 29.7 Å². The molecule has 0 radical (unpaired) electrons. The summed E-state index contributed by atoms with van der Waals surface area (Å²) in [7, 11) is 0. The highest BCUT2D eigenvalue weighted by Crippen LogP contribution is 2.21. The Kier molecular flexibility index (Phi) is 3.90. The molecule has 6 nitrogen and oxygen atoms in total. The van der Waals surface area contributed by atoms with Gasteiger partial charge in [-0.05, 0) is 37.6 Å². The van der Waals surface area contributed by atoms with Crippen LogP contribution in [0.25, 0.3) is 5.69 Å². The van der Waals surface area contributed by atoms with E-state index in [4.69, 9.17) is 0 Å². The summed E-state index contributed by atoms with van der Waals surface area (Å²) in [6, 6.07) is 12.6.